The van der Waals surface area contributed by atoms with E-state index in [0.29, 0.717) is 0 Å². The monoisotopic (exact) mass is 527 g/mol. The van der Waals surface area contributed by atoms with Gasteiger partial charge in [-0.1, -0.05) is 102 Å². The van der Waals surface area contributed by atoms with E-state index in [-0.39, 0.29) is 32.7 Å². The average molecular weight is 528 g/mol. The predicted molar refractivity (Wildman–Crippen MR) is 148 cm³/mol. The van der Waals surface area contributed by atoms with Crippen molar-refractivity contribution in [2.45, 2.75) is 61.3 Å². The van der Waals surface area contributed by atoms with Gasteiger partial charge in [0.1, 0.15) is 0 Å². The molecule has 1 heteroatoms. The third kappa shape index (κ3) is 15.8. The van der Waals surface area contributed by atoms with Crippen molar-refractivity contribution < 1.29 is 32.7 Å². The van der Waals surface area contributed by atoms with Crippen molar-refractivity contribution in [2.75, 3.05) is 0 Å². The van der Waals surface area contributed by atoms with Gasteiger partial charge in [0, 0.05) is 32.7 Å². The zero-order valence-corrected chi connectivity index (χ0v) is 25.1. The van der Waals surface area contributed by atoms with Gasteiger partial charge in [-0.3, -0.25) is 0 Å². The molecule has 0 heterocycles. The number of benzene rings is 4. The van der Waals surface area contributed by atoms with E-state index in [1.807, 2.05) is 77.9 Å². The van der Waals surface area contributed by atoms with E-state index in [1.54, 1.807) is 0 Å². The molecule has 0 atom stereocenters. The molecule has 0 aliphatic heterocycles. The van der Waals surface area contributed by atoms with Gasteiger partial charge in [-0.05, 0) is 30.9 Å². The fourth-order valence-corrected chi connectivity index (χ4v) is 2.82. The Morgan fingerprint density at radius 3 is 1.29 bits per heavy atom. The number of hydrogen-bond acceptors (Lipinski definition) is 0. The molecule has 0 unspecified atom stereocenters. The second kappa shape index (κ2) is 24.1. The van der Waals surface area contributed by atoms with Crippen LogP contribution in [-0.4, -0.2) is 0 Å². The summed E-state index contributed by atoms with van der Waals surface area (Å²) in [6.07, 6.45) is 1.95. The fourth-order valence-electron chi connectivity index (χ4n) is 2.82. The molecule has 0 fully saturated rings. The van der Waals surface area contributed by atoms with Crippen molar-refractivity contribution in [1.29, 1.82) is 0 Å². The Bertz CT molecular complexity index is 861. The van der Waals surface area contributed by atoms with Crippen LogP contribution in [0.1, 0.15) is 69.4 Å². The SMILES string of the molecule is CC.CC.CC.Cc1ccc(Cc2ccccc2)cc1.[Y].[c-]1ccccc1Cc1[c-]cccc1. The molecule has 0 saturated heterocycles. The van der Waals surface area contributed by atoms with Crippen LogP contribution in [0.4, 0.5) is 0 Å². The first kappa shape index (κ1) is 34.2. The van der Waals surface area contributed by atoms with Gasteiger partial charge in [0.05, 0.1) is 0 Å². The number of rotatable bonds is 4. The molecule has 0 amide bonds. The zero-order chi connectivity index (χ0) is 24.7. The second-order valence-corrected chi connectivity index (χ2v) is 6.60. The maximum atomic E-state index is 3.20. The van der Waals surface area contributed by atoms with Crippen molar-refractivity contribution in [3.8, 4) is 0 Å². The fraction of sp³-hybridized carbons (Fsp3) is 0.273. The maximum absolute atomic E-state index is 3.20. The average Bonchev–Trinajstić information content (AvgIpc) is 2.91. The molecule has 0 saturated carbocycles. The van der Waals surface area contributed by atoms with Gasteiger partial charge in [-0.15, -0.1) is 0 Å². The minimum Gasteiger partial charge on any atom is -0.180 e. The molecule has 0 aromatic heterocycles. The van der Waals surface area contributed by atoms with Crippen LogP contribution in [0.2, 0.25) is 0 Å². The molecule has 4 rings (SSSR count). The molecule has 4 aromatic rings. The van der Waals surface area contributed by atoms with Crippen LogP contribution in [0.15, 0.2) is 103 Å². The summed E-state index contributed by atoms with van der Waals surface area (Å²) in [4.78, 5) is 0. The quantitative estimate of drug-likeness (QED) is 0.232. The smallest absolute Gasteiger partial charge is 0 e. The topological polar surface area (TPSA) is 0 Å². The van der Waals surface area contributed by atoms with Crippen LogP contribution >= 0.6 is 0 Å². The molecular weight excluding hydrogens is 485 g/mol. The Labute approximate surface area is 235 Å². The van der Waals surface area contributed by atoms with Gasteiger partial charge < -0.3 is 0 Å². The van der Waals surface area contributed by atoms with E-state index in [2.05, 4.69) is 85.8 Å². The molecule has 179 valence electrons. The molecule has 0 aliphatic carbocycles. The Balaban J connectivity index is 0. The summed E-state index contributed by atoms with van der Waals surface area (Å²) in [5, 5.41) is 0. The van der Waals surface area contributed by atoms with Crippen molar-refractivity contribution in [2.24, 2.45) is 0 Å². The second-order valence-electron chi connectivity index (χ2n) is 6.60. The van der Waals surface area contributed by atoms with E-state index in [1.165, 1.54) is 27.8 Å². The Morgan fingerprint density at radius 2 is 0.882 bits per heavy atom. The van der Waals surface area contributed by atoms with Crippen LogP contribution in [-0.2, 0) is 45.6 Å². The number of hydrogen-bond donors (Lipinski definition) is 0. The third-order valence-electron chi connectivity index (χ3n) is 4.30. The summed E-state index contributed by atoms with van der Waals surface area (Å²) in [6, 6.07) is 41.8. The van der Waals surface area contributed by atoms with Gasteiger partial charge in [0.15, 0.2) is 0 Å². The first-order valence-electron chi connectivity index (χ1n) is 12.3. The van der Waals surface area contributed by atoms with Crippen molar-refractivity contribution in [3.63, 3.8) is 0 Å². The molecule has 0 aliphatic rings. The van der Waals surface area contributed by atoms with Crippen molar-refractivity contribution in [3.05, 3.63) is 143 Å². The van der Waals surface area contributed by atoms with E-state index < -0.39 is 0 Å². The van der Waals surface area contributed by atoms with Gasteiger partial charge in [0.25, 0.3) is 0 Å². The normalized spacial score (nSPS) is 8.44. The number of aryl methyl sites for hydroxylation is 1. The predicted octanol–water partition coefficient (Wildman–Crippen LogP) is 9.54. The molecule has 0 bridgehead atoms. The van der Waals surface area contributed by atoms with E-state index in [0.717, 1.165) is 12.8 Å². The first-order valence-corrected chi connectivity index (χ1v) is 12.3. The standard InChI is InChI=1S/C14H14.C13H10.3C2H6.Y/c1-12-7-9-14(10-8-12)11-13-5-3-2-4-6-13;1-3-7-12(8-4-1)11-13-9-5-2-6-10-13;3*1-2;/h2-10H,11H2,1H3;1-7,9H,11H2;3*1-2H3;/q;-2;;;;. The van der Waals surface area contributed by atoms with E-state index in [9.17, 15) is 0 Å². The van der Waals surface area contributed by atoms with Crippen molar-refractivity contribution >= 4 is 0 Å². The molecule has 0 nitrogen and oxygen atoms in total. The first-order chi connectivity index (χ1) is 16.3. The van der Waals surface area contributed by atoms with Crippen LogP contribution in [0, 0.1) is 19.1 Å². The van der Waals surface area contributed by atoms with Crippen LogP contribution in [0.5, 0.6) is 0 Å². The summed E-state index contributed by atoms with van der Waals surface area (Å²) >= 11 is 0. The van der Waals surface area contributed by atoms with Crippen LogP contribution < -0.4 is 0 Å². The molecule has 0 N–H and O–H groups in total. The molecule has 4 aromatic carbocycles. The van der Waals surface area contributed by atoms with Crippen LogP contribution in [0.25, 0.3) is 0 Å². The summed E-state index contributed by atoms with van der Waals surface area (Å²) in [6.45, 7) is 14.1. The Hall–Kier alpha value is -2.02. The summed E-state index contributed by atoms with van der Waals surface area (Å²) in [7, 11) is 0. The summed E-state index contributed by atoms with van der Waals surface area (Å²) < 4.78 is 0. The van der Waals surface area contributed by atoms with Gasteiger partial charge in [0.2, 0.25) is 0 Å². The third-order valence-corrected chi connectivity index (χ3v) is 4.30. The van der Waals surface area contributed by atoms with Gasteiger partial charge >= 0.3 is 0 Å². The minimum absolute atomic E-state index is 0. The van der Waals surface area contributed by atoms with E-state index >= 15 is 0 Å². The van der Waals surface area contributed by atoms with Crippen LogP contribution in [0.3, 0.4) is 0 Å². The zero-order valence-electron chi connectivity index (χ0n) is 22.3. The molecule has 34 heavy (non-hydrogen) atoms. The largest absolute Gasteiger partial charge is 0.180 e. The van der Waals surface area contributed by atoms with Crippen molar-refractivity contribution in [1.82, 2.24) is 0 Å². The molecule has 1 radical (unpaired) electrons. The Kier molecular flexibility index (Phi) is 24.2. The Morgan fingerprint density at radius 1 is 0.471 bits per heavy atom. The van der Waals surface area contributed by atoms with E-state index in [4.69, 9.17) is 0 Å². The summed E-state index contributed by atoms with van der Waals surface area (Å²) in [5.74, 6) is 0. The summed E-state index contributed by atoms with van der Waals surface area (Å²) in [5.41, 5.74) is 6.50. The minimum atomic E-state index is 0. The molecular formula is C33H42Y-2. The molecule has 0 spiro atoms. The van der Waals surface area contributed by atoms with Gasteiger partial charge in [-0.2, -0.15) is 71.8 Å². The maximum Gasteiger partial charge on any atom is 0 e. The van der Waals surface area contributed by atoms with Gasteiger partial charge in [-0.25, -0.2) is 0 Å².